The van der Waals surface area contributed by atoms with Crippen LogP contribution in [0.4, 0.5) is 10.1 Å². The van der Waals surface area contributed by atoms with E-state index in [0.717, 1.165) is 25.2 Å². The van der Waals surface area contributed by atoms with E-state index in [1.807, 2.05) is 0 Å². The molecule has 1 atom stereocenters. The molecular formula is C17H20FN3O2S. The third-order valence-corrected chi connectivity index (χ3v) is 4.94. The van der Waals surface area contributed by atoms with Gasteiger partial charge in [0.05, 0.1) is 29.4 Å². The molecule has 1 fully saturated rings. The predicted molar refractivity (Wildman–Crippen MR) is 93.5 cm³/mol. The van der Waals surface area contributed by atoms with Crippen LogP contribution in [0.3, 0.4) is 0 Å². The Morgan fingerprint density at radius 1 is 1.42 bits per heavy atom. The highest BCUT2D eigenvalue weighted by atomic mass is 32.2. The lowest BCUT2D eigenvalue weighted by atomic mass is 10.1. The van der Waals surface area contributed by atoms with E-state index in [2.05, 4.69) is 15.5 Å². The largest absolute Gasteiger partial charge is 0.377 e. The van der Waals surface area contributed by atoms with Gasteiger partial charge in [-0.2, -0.15) is 5.10 Å². The van der Waals surface area contributed by atoms with E-state index in [9.17, 15) is 9.18 Å². The van der Waals surface area contributed by atoms with Crippen molar-refractivity contribution >= 4 is 23.4 Å². The van der Waals surface area contributed by atoms with Crippen molar-refractivity contribution < 1.29 is 13.9 Å². The minimum absolute atomic E-state index is 0.130. The molecule has 0 aliphatic carbocycles. The second-order valence-corrected chi connectivity index (χ2v) is 6.72. The average molecular weight is 349 g/mol. The van der Waals surface area contributed by atoms with Gasteiger partial charge in [-0.25, -0.2) is 4.39 Å². The van der Waals surface area contributed by atoms with Gasteiger partial charge >= 0.3 is 0 Å². The van der Waals surface area contributed by atoms with Crippen LogP contribution in [0.15, 0.2) is 30.5 Å². The number of halogens is 1. The number of hydrogen-bond acceptors (Lipinski definition) is 4. The molecule has 1 aliphatic heterocycles. The first-order valence-electron chi connectivity index (χ1n) is 8.01. The van der Waals surface area contributed by atoms with E-state index in [0.29, 0.717) is 22.7 Å². The lowest BCUT2D eigenvalue weighted by molar-refractivity contribution is -0.113. The van der Waals surface area contributed by atoms with E-state index in [4.69, 9.17) is 4.74 Å². The molecule has 128 valence electrons. The van der Waals surface area contributed by atoms with E-state index in [1.165, 1.54) is 18.7 Å². The quantitative estimate of drug-likeness (QED) is 0.838. The summed E-state index contributed by atoms with van der Waals surface area (Å²) in [4.78, 5) is 12.1. The molecule has 0 unspecified atom stereocenters. The number of hydrogen-bond donors (Lipinski definition) is 2. The standard InChI is InChI=1S/C17H20FN3O2S/c18-14-7-2-1-6-13(14)17-15(9-19-21-17)20-16(22)11-24-10-12-5-3-4-8-23-12/h1-2,6-7,9,12H,3-5,8,10-11H2,(H,19,21)(H,20,22)/t12-/m1/s1. The van der Waals surface area contributed by atoms with Crippen LogP contribution in [0.2, 0.25) is 0 Å². The second kappa shape index (κ2) is 8.30. The minimum Gasteiger partial charge on any atom is -0.377 e. The molecule has 0 spiro atoms. The molecule has 1 saturated heterocycles. The number of carbonyl (C=O) groups excluding carboxylic acids is 1. The van der Waals surface area contributed by atoms with Crippen LogP contribution in [0, 0.1) is 5.82 Å². The van der Waals surface area contributed by atoms with Crippen molar-refractivity contribution in [3.8, 4) is 11.3 Å². The average Bonchev–Trinajstić information content (AvgIpc) is 3.04. The van der Waals surface area contributed by atoms with Crippen LogP contribution in [0.5, 0.6) is 0 Å². The highest BCUT2D eigenvalue weighted by molar-refractivity contribution is 8.00. The first-order chi connectivity index (χ1) is 11.7. The number of H-pyrrole nitrogens is 1. The Kier molecular flexibility index (Phi) is 5.87. The van der Waals surface area contributed by atoms with Gasteiger partial charge in [0.2, 0.25) is 5.91 Å². The summed E-state index contributed by atoms with van der Waals surface area (Å²) in [7, 11) is 0. The maximum atomic E-state index is 13.9. The number of nitrogens with zero attached hydrogens (tertiary/aromatic N) is 1. The molecule has 0 saturated carbocycles. The third-order valence-electron chi connectivity index (χ3n) is 3.87. The fourth-order valence-corrected chi connectivity index (χ4v) is 3.56. The summed E-state index contributed by atoms with van der Waals surface area (Å²) in [5.41, 5.74) is 1.34. The molecule has 2 aromatic rings. The Balaban J connectivity index is 1.54. The topological polar surface area (TPSA) is 67.0 Å². The number of anilines is 1. The molecule has 0 bridgehead atoms. The lowest BCUT2D eigenvalue weighted by Crippen LogP contribution is -2.23. The molecule has 1 aromatic carbocycles. The molecule has 5 nitrogen and oxygen atoms in total. The second-order valence-electron chi connectivity index (χ2n) is 5.69. The zero-order chi connectivity index (χ0) is 16.8. The number of benzene rings is 1. The number of aromatic nitrogens is 2. The third kappa shape index (κ3) is 4.36. The molecule has 2 heterocycles. The Hall–Kier alpha value is -1.86. The molecule has 24 heavy (non-hydrogen) atoms. The number of thioether (sulfide) groups is 1. The smallest absolute Gasteiger partial charge is 0.234 e. The fraction of sp³-hybridized carbons (Fsp3) is 0.412. The fourth-order valence-electron chi connectivity index (χ4n) is 2.66. The number of carbonyl (C=O) groups is 1. The molecule has 1 aliphatic rings. The summed E-state index contributed by atoms with van der Waals surface area (Å²) in [5.74, 6) is 0.664. The summed E-state index contributed by atoms with van der Waals surface area (Å²) >= 11 is 1.55. The predicted octanol–water partition coefficient (Wildman–Crippen LogP) is 3.46. The van der Waals surface area contributed by atoms with E-state index in [1.54, 1.807) is 30.0 Å². The lowest BCUT2D eigenvalue weighted by Gasteiger charge is -2.21. The van der Waals surface area contributed by atoms with Crippen LogP contribution in [0.1, 0.15) is 19.3 Å². The Morgan fingerprint density at radius 2 is 2.29 bits per heavy atom. The van der Waals surface area contributed by atoms with Crippen LogP contribution in [-0.2, 0) is 9.53 Å². The van der Waals surface area contributed by atoms with Gasteiger partial charge in [-0.3, -0.25) is 9.89 Å². The SMILES string of the molecule is O=C(CSC[C@H]1CCCCO1)Nc1cn[nH]c1-c1ccccc1F. The van der Waals surface area contributed by atoms with Crippen LogP contribution in [0.25, 0.3) is 11.3 Å². The Bertz CT molecular complexity index is 686. The molecule has 2 N–H and O–H groups in total. The van der Waals surface area contributed by atoms with E-state index >= 15 is 0 Å². The number of aromatic amines is 1. The molecule has 7 heteroatoms. The number of rotatable bonds is 6. The summed E-state index contributed by atoms with van der Waals surface area (Å²) in [6.07, 6.45) is 5.13. The van der Waals surface area contributed by atoms with Crippen LogP contribution in [-0.4, -0.2) is 40.3 Å². The van der Waals surface area contributed by atoms with Crippen molar-refractivity contribution in [3.05, 3.63) is 36.3 Å². The van der Waals surface area contributed by atoms with Gasteiger partial charge in [0, 0.05) is 17.9 Å². The molecule has 0 radical (unpaired) electrons. The molecule has 1 aromatic heterocycles. The van der Waals surface area contributed by atoms with Gasteiger partial charge in [0.1, 0.15) is 5.82 Å². The first-order valence-corrected chi connectivity index (χ1v) is 9.17. The summed E-state index contributed by atoms with van der Waals surface area (Å²) < 4.78 is 19.5. The first kappa shape index (κ1) is 17.0. The van der Waals surface area contributed by atoms with Gasteiger partial charge in [0.15, 0.2) is 0 Å². The number of ether oxygens (including phenoxy) is 1. The van der Waals surface area contributed by atoms with Gasteiger partial charge in [0.25, 0.3) is 0 Å². The van der Waals surface area contributed by atoms with Crippen LogP contribution >= 0.6 is 11.8 Å². The maximum Gasteiger partial charge on any atom is 0.234 e. The Morgan fingerprint density at radius 3 is 3.08 bits per heavy atom. The van der Waals surface area contributed by atoms with Gasteiger partial charge in [-0.05, 0) is 31.4 Å². The normalized spacial score (nSPS) is 17.6. The molecule has 3 rings (SSSR count). The van der Waals surface area contributed by atoms with E-state index in [-0.39, 0.29) is 17.8 Å². The highest BCUT2D eigenvalue weighted by Crippen LogP contribution is 2.27. The number of amides is 1. The van der Waals surface area contributed by atoms with Crippen LogP contribution < -0.4 is 5.32 Å². The maximum absolute atomic E-state index is 13.9. The van der Waals surface area contributed by atoms with Crippen molar-refractivity contribution in [3.63, 3.8) is 0 Å². The molecule has 1 amide bonds. The van der Waals surface area contributed by atoms with E-state index < -0.39 is 0 Å². The van der Waals surface area contributed by atoms with Gasteiger partial charge in [-0.1, -0.05) is 12.1 Å². The minimum atomic E-state index is -0.360. The summed E-state index contributed by atoms with van der Waals surface area (Å²) in [6, 6.07) is 6.39. The Labute approximate surface area is 144 Å². The summed E-state index contributed by atoms with van der Waals surface area (Å²) in [6.45, 7) is 0.818. The van der Waals surface area contributed by atoms with Gasteiger partial charge < -0.3 is 10.1 Å². The monoisotopic (exact) mass is 349 g/mol. The highest BCUT2D eigenvalue weighted by Gasteiger charge is 2.16. The summed E-state index contributed by atoms with van der Waals surface area (Å²) in [5, 5.41) is 9.45. The van der Waals surface area contributed by atoms with Crippen molar-refractivity contribution in [2.45, 2.75) is 25.4 Å². The zero-order valence-electron chi connectivity index (χ0n) is 13.3. The van der Waals surface area contributed by atoms with Crippen molar-refractivity contribution in [2.24, 2.45) is 0 Å². The van der Waals surface area contributed by atoms with Crippen molar-refractivity contribution in [1.29, 1.82) is 0 Å². The zero-order valence-corrected chi connectivity index (χ0v) is 14.1. The van der Waals surface area contributed by atoms with Gasteiger partial charge in [-0.15, -0.1) is 11.8 Å². The van der Waals surface area contributed by atoms with Crippen molar-refractivity contribution in [1.82, 2.24) is 10.2 Å². The molecular weight excluding hydrogens is 329 g/mol. The van der Waals surface area contributed by atoms with Crippen molar-refractivity contribution in [2.75, 3.05) is 23.4 Å². The number of nitrogens with one attached hydrogen (secondary N) is 2.